The standard InChI is InChI=1S/C11H18N2OS/c1-8(12-2)5-10-6-14-11(13-10)9-3-4-15-7-9/h6,8-9,12H,3-5,7H2,1-2H3. The number of hydrogen-bond donors (Lipinski definition) is 1. The number of nitrogens with zero attached hydrogens (tertiary/aromatic N) is 1. The molecule has 3 nitrogen and oxygen atoms in total. The zero-order valence-electron chi connectivity index (χ0n) is 9.32. The van der Waals surface area contributed by atoms with Crippen molar-refractivity contribution in [1.82, 2.24) is 10.3 Å². The van der Waals surface area contributed by atoms with E-state index in [1.807, 2.05) is 25.1 Å². The van der Waals surface area contributed by atoms with E-state index in [9.17, 15) is 0 Å². The third kappa shape index (κ3) is 2.75. The molecule has 0 saturated carbocycles. The van der Waals surface area contributed by atoms with Gasteiger partial charge in [-0.2, -0.15) is 11.8 Å². The third-order valence-corrected chi connectivity index (χ3v) is 4.02. The molecule has 84 valence electrons. The molecule has 2 atom stereocenters. The van der Waals surface area contributed by atoms with Crippen LogP contribution in [0, 0.1) is 0 Å². The van der Waals surface area contributed by atoms with Gasteiger partial charge in [0, 0.05) is 24.1 Å². The second-order valence-corrected chi connectivity index (χ2v) is 5.28. The molecule has 2 unspecified atom stereocenters. The lowest BCUT2D eigenvalue weighted by molar-refractivity contribution is 0.461. The van der Waals surface area contributed by atoms with Gasteiger partial charge in [-0.1, -0.05) is 0 Å². The molecule has 0 spiro atoms. The first-order valence-electron chi connectivity index (χ1n) is 5.49. The Kier molecular flexibility index (Phi) is 3.70. The van der Waals surface area contributed by atoms with Crippen molar-refractivity contribution in [2.24, 2.45) is 0 Å². The lowest BCUT2D eigenvalue weighted by Gasteiger charge is -2.06. The first-order valence-corrected chi connectivity index (χ1v) is 6.64. The van der Waals surface area contributed by atoms with Gasteiger partial charge < -0.3 is 9.73 Å². The molecular weight excluding hydrogens is 208 g/mol. The fourth-order valence-electron chi connectivity index (χ4n) is 1.75. The fourth-order valence-corrected chi connectivity index (χ4v) is 2.96. The number of hydrogen-bond acceptors (Lipinski definition) is 4. The minimum atomic E-state index is 0.459. The molecule has 1 N–H and O–H groups in total. The maximum Gasteiger partial charge on any atom is 0.198 e. The molecule has 1 aromatic heterocycles. The summed E-state index contributed by atoms with van der Waals surface area (Å²) in [4.78, 5) is 4.56. The van der Waals surface area contributed by atoms with Gasteiger partial charge in [0.05, 0.1) is 5.69 Å². The van der Waals surface area contributed by atoms with Crippen LogP contribution in [0.1, 0.15) is 30.8 Å². The normalized spacial score (nSPS) is 23.2. The minimum Gasteiger partial charge on any atom is -0.448 e. The lowest BCUT2D eigenvalue weighted by Crippen LogP contribution is -2.23. The van der Waals surface area contributed by atoms with Gasteiger partial charge >= 0.3 is 0 Å². The zero-order valence-corrected chi connectivity index (χ0v) is 10.1. The summed E-state index contributed by atoms with van der Waals surface area (Å²) >= 11 is 1.99. The Hall–Kier alpha value is -0.480. The van der Waals surface area contributed by atoms with Crippen molar-refractivity contribution in [2.75, 3.05) is 18.6 Å². The number of rotatable bonds is 4. The quantitative estimate of drug-likeness (QED) is 0.852. The third-order valence-electron chi connectivity index (χ3n) is 2.86. The van der Waals surface area contributed by atoms with Gasteiger partial charge in [0.1, 0.15) is 6.26 Å². The SMILES string of the molecule is CNC(C)Cc1coc(C2CCSC2)n1. The fraction of sp³-hybridized carbons (Fsp3) is 0.727. The van der Waals surface area contributed by atoms with Crippen LogP contribution in [-0.2, 0) is 6.42 Å². The minimum absolute atomic E-state index is 0.459. The molecule has 1 saturated heterocycles. The second-order valence-electron chi connectivity index (χ2n) is 4.13. The van der Waals surface area contributed by atoms with Crippen LogP contribution in [0.2, 0.25) is 0 Å². The van der Waals surface area contributed by atoms with Gasteiger partial charge in [-0.25, -0.2) is 4.98 Å². The number of nitrogens with one attached hydrogen (secondary N) is 1. The van der Waals surface area contributed by atoms with Gasteiger partial charge in [-0.15, -0.1) is 0 Å². The first kappa shape index (κ1) is 11.0. The van der Waals surface area contributed by atoms with E-state index in [0.29, 0.717) is 12.0 Å². The molecule has 4 heteroatoms. The maximum atomic E-state index is 5.54. The van der Waals surface area contributed by atoms with E-state index >= 15 is 0 Å². The molecular formula is C11H18N2OS. The number of thioether (sulfide) groups is 1. The van der Waals surface area contributed by atoms with Gasteiger partial charge in [0.15, 0.2) is 5.89 Å². The van der Waals surface area contributed by atoms with Crippen molar-refractivity contribution in [1.29, 1.82) is 0 Å². The summed E-state index contributed by atoms with van der Waals surface area (Å²) in [6.45, 7) is 2.15. The van der Waals surface area contributed by atoms with Gasteiger partial charge in [0.2, 0.25) is 0 Å². The highest BCUT2D eigenvalue weighted by Gasteiger charge is 2.22. The van der Waals surface area contributed by atoms with Crippen molar-refractivity contribution in [3.8, 4) is 0 Å². The van der Waals surface area contributed by atoms with E-state index in [1.165, 1.54) is 17.9 Å². The van der Waals surface area contributed by atoms with Crippen LogP contribution in [0.3, 0.4) is 0 Å². The van der Waals surface area contributed by atoms with Gasteiger partial charge in [-0.05, 0) is 26.1 Å². The Labute approximate surface area is 95.0 Å². The van der Waals surface area contributed by atoms with Crippen LogP contribution in [0.15, 0.2) is 10.7 Å². The predicted octanol–water partition coefficient (Wildman–Crippen LogP) is 2.05. The highest BCUT2D eigenvalue weighted by atomic mass is 32.2. The molecule has 0 bridgehead atoms. The smallest absolute Gasteiger partial charge is 0.198 e. The molecule has 2 heterocycles. The van der Waals surface area contributed by atoms with E-state index in [0.717, 1.165) is 18.0 Å². The highest BCUT2D eigenvalue weighted by Crippen LogP contribution is 2.31. The highest BCUT2D eigenvalue weighted by molar-refractivity contribution is 7.99. The lowest BCUT2D eigenvalue weighted by atomic mass is 10.1. The molecule has 1 aliphatic rings. The molecule has 1 aromatic rings. The average molecular weight is 226 g/mol. The van der Waals surface area contributed by atoms with Crippen LogP contribution < -0.4 is 5.32 Å². The zero-order chi connectivity index (χ0) is 10.7. The first-order chi connectivity index (χ1) is 7.29. The summed E-state index contributed by atoms with van der Waals surface area (Å²) in [6, 6.07) is 0.459. The number of oxazole rings is 1. The predicted molar refractivity (Wildman–Crippen MR) is 63.4 cm³/mol. The molecule has 0 aliphatic carbocycles. The topological polar surface area (TPSA) is 38.1 Å². The molecule has 2 rings (SSSR count). The molecule has 15 heavy (non-hydrogen) atoms. The molecule has 0 amide bonds. The second kappa shape index (κ2) is 5.03. The molecule has 0 aromatic carbocycles. The Morgan fingerprint density at radius 3 is 3.27 bits per heavy atom. The Balaban J connectivity index is 1.97. The van der Waals surface area contributed by atoms with E-state index in [1.54, 1.807) is 0 Å². The Bertz CT molecular complexity index is 307. The number of likely N-dealkylation sites (N-methyl/N-ethyl adjacent to an activating group) is 1. The number of aromatic nitrogens is 1. The van der Waals surface area contributed by atoms with E-state index in [2.05, 4.69) is 17.2 Å². The average Bonchev–Trinajstić information content (AvgIpc) is 2.85. The van der Waals surface area contributed by atoms with Crippen LogP contribution in [0.25, 0.3) is 0 Å². The van der Waals surface area contributed by atoms with Crippen LogP contribution in [0.5, 0.6) is 0 Å². The van der Waals surface area contributed by atoms with Gasteiger partial charge in [0.25, 0.3) is 0 Å². The van der Waals surface area contributed by atoms with Crippen molar-refractivity contribution < 1.29 is 4.42 Å². The maximum absolute atomic E-state index is 5.54. The van der Waals surface area contributed by atoms with Crippen LogP contribution >= 0.6 is 11.8 Å². The van der Waals surface area contributed by atoms with Gasteiger partial charge in [-0.3, -0.25) is 0 Å². The van der Waals surface area contributed by atoms with Crippen molar-refractivity contribution in [3.63, 3.8) is 0 Å². The van der Waals surface area contributed by atoms with Crippen LogP contribution in [-0.4, -0.2) is 29.6 Å². The summed E-state index contributed by atoms with van der Waals surface area (Å²) in [5.41, 5.74) is 1.07. The molecule has 1 aliphatic heterocycles. The van der Waals surface area contributed by atoms with Crippen LogP contribution in [0.4, 0.5) is 0 Å². The van der Waals surface area contributed by atoms with Crippen molar-refractivity contribution in [3.05, 3.63) is 17.8 Å². The Morgan fingerprint density at radius 2 is 2.60 bits per heavy atom. The monoisotopic (exact) mass is 226 g/mol. The Morgan fingerprint density at radius 1 is 1.73 bits per heavy atom. The summed E-state index contributed by atoms with van der Waals surface area (Å²) < 4.78 is 5.54. The molecule has 0 radical (unpaired) electrons. The van der Waals surface area contributed by atoms with Crippen molar-refractivity contribution in [2.45, 2.75) is 31.7 Å². The summed E-state index contributed by atoms with van der Waals surface area (Å²) in [5, 5.41) is 3.21. The van der Waals surface area contributed by atoms with E-state index in [-0.39, 0.29) is 0 Å². The summed E-state index contributed by atoms with van der Waals surface area (Å²) in [6.07, 6.45) is 3.97. The summed E-state index contributed by atoms with van der Waals surface area (Å²) in [5.74, 6) is 3.91. The largest absolute Gasteiger partial charge is 0.448 e. The van der Waals surface area contributed by atoms with E-state index < -0.39 is 0 Å². The molecule has 1 fully saturated rings. The van der Waals surface area contributed by atoms with Crippen molar-refractivity contribution >= 4 is 11.8 Å². The summed E-state index contributed by atoms with van der Waals surface area (Å²) in [7, 11) is 1.97. The van der Waals surface area contributed by atoms with E-state index in [4.69, 9.17) is 4.42 Å².